The van der Waals surface area contributed by atoms with Gasteiger partial charge in [-0.25, -0.2) is 0 Å². The lowest BCUT2D eigenvalue weighted by molar-refractivity contribution is -0.118. The standard InChI is InChI=1S/C20H24N2O3/c1-14-7-5-6-8-17(14)25-13-18(23)21-16-11-9-15(10-12-16)19(24)22-20(2,3)4/h5-12H,13H2,1-4H3,(H,21,23)(H,22,24). The highest BCUT2D eigenvalue weighted by Crippen LogP contribution is 2.16. The Morgan fingerprint density at radius 2 is 1.64 bits per heavy atom. The highest BCUT2D eigenvalue weighted by Gasteiger charge is 2.15. The van der Waals surface area contributed by atoms with Gasteiger partial charge in [0.05, 0.1) is 0 Å². The van der Waals surface area contributed by atoms with Gasteiger partial charge in [-0.05, 0) is 63.6 Å². The summed E-state index contributed by atoms with van der Waals surface area (Å²) < 4.78 is 5.51. The number of amides is 2. The molecule has 0 heterocycles. The molecular weight excluding hydrogens is 316 g/mol. The molecule has 132 valence electrons. The van der Waals surface area contributed by atoms with E-state index in [1.54, 1.807) is 24.3 Å². The number of aryl methyl sites for hydroxylation is 1. The molecule has 0 aliphatic heterocycles. The third-order valence-electron chi connectivity index (χ3n) is 3.37. The molecule has 0 radical (unpaired) electrons. The number of nitrogens with one attached hydrogen (secondary N) is 2. The van der Waals surface area contributed by atoms with E-state index < -0.39 is 0 Å². The summed E-state index contributed by atoms with van der Waals surface area (Å²) >= 11 is 0. The molecule has 2 aromatic rings. The van der Waals surface area contributed by atoms with Crippen LogP contribution in [0.4, 0.5) is 5.69 Å². The lowest BCUT2D eigenvalue weighted by Gasteiger charge is -2.20. The van der Waals surface area contributed by atoms with Crippen LogP contribution in [0.15, 0.2) is 48.5 Å². The van der Waals surface area contributed by atoms with Gasteiger partial charge in [0.15, 0.2) is 6.61 Å². The van der Waals surface area contributed by atoms with Crippen LogP contribution in [0.1, 0.15) is 36.7 Å². The Bertz CT molecular complexity index is 746. The van der Waals surface area contributed by atoms with Gasteiger partial charge in [-0.1, -0.05) is 18.2 Å². The number of hydrogen-bond donors (Lipinski definition) is 2. The van der Waals surface area contributed by atoms with Gasteiger partial charge in [-0.2, -0.15) is 0 Å². The molecule has 0 bridgehead atoms. The van der Waals surface area contributed by atoms with E-state index in [0.717, 1.165) is 5.56 Å². The first-order chi connectivity index (χ1) is 11.7. The summed E-state index contributed by atoms with van der Waals surface area (Å²) in [6.45, 7) is 7.63. The number of carbonyl (C=O) groups is 2. The van der Waals surface area contributed by atoms with Crippen LogP contribution in [-0.2, 0) is 4.79 Å². The number of benzene rings is 2. The zero-order valence-corrected chi connectivity index (χ0v) is 15.1. The lowest BCUT2D eigenvalue weighted by Crippen LogP contribution is -2.40. The summed E-state index contributed by atoms with van der Waals surface area (Å²) in [5.41, 5.74) is 1.84. The van der Waals surface area contributed by atoms with Crippen LogP contribution in [0.5, 0.6) is 5.75 Å². The first kappa shape index (κ1) is 18.5. The van der Waals surface area contributed by atoms with Crippen molar-refractivity contribution in [1.29, 1.82) is 0 Å². The van der Waals surface area contributed by atoms with Gasteiger partial charge in [-0.3, -0.25) is 9.59 Å². The topological polar surface area (TPSA) is 67.4 Å². The second-order valence-electron chi connectivity index (χ2n) is 6.88. The Labute approximate surface area is 148 Å². The van der Waals surface area contributed by atoms with Crippen LogP contribution < -0.4 is 15.4 Å². The van der Waals surface area contributed by atoms with E-state index in [1.807, 2.05) is 52.0 Å². The van der Waals surface area contributed by atoms with Crippen molar-refractivity contribution in [2.24, 2.45) is 0 Å². The molecule has 0 saturated heterocycles. The highest BCUT2D eigenvalue weighted by molar-refractivity contribution is 5.96. The molecule has 5 heteroatoms. The lowest BCUT2D eigenvalue weighted by atomic mass is 10.1. The van der Waals surface area contributed by atoms with Gasteiger partial charge < -0.3 is 15.4 Å². The van der Waals surface area contributed by atoms with Crippen LogP contribution in [0.2, 0.25) is 0 Å². The Morgan fingerprint density at radius 1 is 1.00 bits per heavy atom. The Balaban J connectivity index is 1.89. The quantitative estimate of drug-likeness (QED) is 0.875. The Morgan fingerprint density at radius 3 is 2.24 bits per heavy atom. The zero-order chi connectivity index (χ0) is 18.4. The van der Waals surface area contributed by atoms with E-state index in [1.165, 1.54) is 0 Å². The molecule has 2 rings (SSSR count). The average molecular weight is 340 g/mol. The molecule has 0 aliphatic carbocycles. The van der Waals surface area contributed by atoms with E-state index in [-0.39, 0.29) is 24.0 Å². The maximum Gasteiger partial charge on any atom is 0.262 e. The van der Waals surface area contributed by atoms with Gasteiger partial charge in [0.1, 0.15) is 5.75 Å². The fraction of sp³-hybridized carbons (Fsp3) is 0.300. The van der Waals surface area contributed by atoms with Crippen molar-refractivity contribution in [1.82, 2.24) is 5.32 Å². The fourth-order valence-corrected chi connectivity index (χ4v) is 2.18. The van der Waals surface area contributed by atoms with Crippen LogP contribution >= 0.6 is 0 Å². The van der Waals surface area contributed by atoms with Crippen molar-refractivity contribution < 1.29 is 14.3 Å². The van der Waals surface area contributed by atoms with Crippen LogP contribution in [0, 0.1) is 6.92 Å². The average Bonchev–Trinajstić information content (AvgIpc) is 2.53. The minimum Gasteiger partial charge on any atom is -0.483 e. The number of ether oxygens (including phenoxy) is 1. The van der Waals surface area contributed by atoms with Gasteiger partial charge >= 0.3 is 0 Å². The molecule has 25 heavy (non-hydrogen) atoms. The minimum atomic E-state index is -0.295. The molecule has 0 atom stereocenters. The van der Waals surface area contributed by atoms with Crippen LogP contribution in [0.3, 0.4) is 0 Å². The van der Waals surface area contributed by atoms with Crippen molar-refractivity contribution in [3.05, 3.63) is 59.7 Å². The number of hydrogen-bond acceptors (Lipinski definition) is 3. The SMILES string of the molecule is Cc1ccccc1OCC(=O)Nc1ccc(C(=O)NC(C)(C)C)cc1. The summed E-state index contributed by atoms with van der Waals surface area (Å²) in [6, 6.07) is 14.3. The summed E-state index contributed by atoms with van der Waals surface area (Å²) in [5, 5.41) is 5.64. The van der Waals surface area contributed by atoms with Gasteiger partial charge in [0.2, 0.25) is 0 Å². The molecule has 0 aliphatic rings. The molecule has 0 unspecified atom stereocenters. The maximum absolute atomic E-state index is 12.1. The molecule has 2 amide bonds. The minimum absolute atomic E-state index is 0.0723. The van der Waals surface area contributed by atoms with E-state index in [2.05, 4.69) is 10.6 Å². The molecule has 0 aromatic heterocycles. The van der Waals surface area contributed by atoms with E-state index in [0.29, 0.717) is 17.0 Å². The second-order valence-corrected chi connectivity index (χ2v) is 6.88. The molecular formula is C20H24N2O3. The third-order valence-corrected chi connectivity index (χ3v) is 3.37. The Kier molecular flexibility index (Phi) is 5.80. The number of rotatable bonds is 5. The summed E-state index contributed by atoms with van der Waals surface area (Å²) in [4.78, 5) is 24.1. The molecule has 0 saturated carbocycles. The largest absolute Gasteiger partial charge is 0.483 e. The van der Waals surface area contributed by atoms with Crippen molar-refractivity contribution in [2.45, 2.75) is 33.2 Å². The Hall–Kier alpha value is -2.82. The zero-order valence-electron chi connectivity index (χ0n) is 15.1. The summed E-state index contributed by atoms with van der Waals surface area (Å²) in [7, 11) is 0. The second kappa shape index (κ2) is 7.83. The first-order valence-electron chi connectivity index (χ1n) is 8.15. The van der Waals surface area contributed by atoms with E-state index in [9.17, 15) is 9.59 Å². The van der Waals surface area contributed by atoms with Crippen molar-refractivity contribution in [3.8, 4) is 5.75 Å². The number of para-hydroxylation sites is 1. The van der Waals surface area contributed by atoms with E-state index >= 15 is 0 Å². The van der Waals surface area contributed by atoms with Gasteiger partial charge in [0, 0.05) is 16.8 Å². The highest BCUT2D eigenvalue weighted by atomic mass is 16.5. The maximum atomic E-state index is 12.1. The predicted octanol–water partition coefficient (Wildman–Crippen LogP) is 3.54. The summed E-state index contributed by atoms with van der Waals surface area (Å²) in [6.07, 6.45) is 0. The van der Waals surface area contributed by atoms with Gasteiger partial charge in [0.25, 0.3) is 11.8 Å². The van der Waals surface area contributed by atoms with Crippen molar-refractivity contribution in [3.63, 3.8) is 0 Å². The smallest absolute Gasteiger partial charge is 0.262 e. The number of anilines is 1. The van der Waals surface area contributed by atoms with Crippen LogP contribution in [0.25, 0.3) is 0 Å². The van der Waals surface area contributed by atoms with Crippen molar-refractivity contribution in [2.75, 3.05) is 11.9 Å². The number of carbonyl (C=O) groups excluding carboxylic acids is 2. The van der Waals surface area contributed by atoms with Crippen molar-refractivity contribution >= 4 is 17.5 Å². The molecule has 0 spiro atoms. The fourth-order valence-electron chi connectivity index (χ4n) is 2.18. The first-order valence-corrected chi connectivity index (χ1v) is 8.15. The van der Waals surface area contributed by atoms with Crippen LogP contribution in [-0.4, -0.2) is 24.0 Å². The molecule has 2 aromatic carbocycles. The van der Waals surface area contributed by atoms with Gasteiger partial charge in [-0.15, -0.1) is 0 Å². The summed E-state index contributed by atoms with van der Waals surface area (Å²) in [5.74, 6) is 0.287. The molecule has 0 fully saturated rings. The molecule has 5 nitrogen and oxygen atoms in total. The monoisotopic (exact) mass is 340 g/mol. The third kappa shape index (κ3) is 5.95. The predicted molar refractivity (Wildman–Crippen MR) is 99.0 cm³/mol. The van der Waals surface area contributed by atoms with E-state index in [4.69, 9.17) is 4.74 Å². The normalized spacial score (nSPS) is 10.9. The molecule has 2 N–H and O–H groups in total.